The number of ketones is 1. The molecule has 0 unspecified atom stereocenters. The number of benzene rings is 3. The molecule has 0 fully saturated rings. The summed E-state index contributed by atoms with van der Waals surface area (Å²) in [6.07, 6.45) is 2.54. The number of carbonyl (C=O) groups is 2. The van der Waals surface area contributed by atoms with Crippen molar-refractivity contribution < 1.29 is 33.0 Å². The fraction of sp³-hybridized carbons (Fsp3) is 0.242. The molecule has 2 N–H and O–H groups in total. The minimum atomic E-state index is -1.04. The molecule has 4 rings (SSSR count). The molecule has 0 aliphatic carbocycles. The summed E-state index contributed by atoms with van der Waals surface area (Å²) in [5.74, 6) is 0.867. The van der Waals surface area contributed by atoms with Gasteiger partial charge in [0.1, 0.15) is 29.1 Å². The van der Waals surface area contributed by atoms with Gasteiger partial charge in [0.05, 0.1) is 19.4 Å². The Morgan fingerprint density at radius 1 is 1.02 bits per heavy atom. The topological polar surface area (TPSA) is 111 Å². The lowest BCUT2D eigenvalue weighted by molar-refractivity contribution is -0.139. The highest BCUT2D eigenvalue weighted by Gasteiger charge is 2.19. The van der Waals surface area contributed by atoms with Crippen LogP contribution < -0.4 is 14.8 Å². The van der Waals surface area contributed by atoms with Crippen molar-refractivity contribution in [2.24, 2.45) is 0 Å². The van der Waals surface area contributed by atoms with E-state index in [0.717, 1.165) is 28.3 Å². The zero-order chi connectivity index (χ0) is 30.1. The fourth-order valence-corrected chi connectivity index (χ4v) is 4.27. The third-order valence-electron chi connectivity index (χ3n) is 6.67. The van der Waals surface area contributed by atoms with E-state index in [9.17, 15) is 19.1 Å². The number of aryl methyl sites for hydroxylation is 1. The molecule has 0 saturated heterocycles. The lowest BCUT2D eigenvalue weighted by Crippen LogP contribution is -2.38. The summed E-state index contributed by atoms with van der Waals surface area (Å²) in [6, 6.07) is 19.0. The Kier molecular flexibility index (Phi) is 10.1. The molecule has 9 heteroatoms. The average Bonchev–Trinajstić information content (AvgIpc) is 3.37. The molecule has 0 bridgehead atoms. The molecule has 3 aromatic carbocycles. The van der Waals surface area contributed by atoms with Crippen LogP contribution in [0.2, 0.25) is 0 Å². The van der Waals surface area contributed by atoms with Gasteiger partial charge in [-0.3, -0.25) is 4.79 Å². The van der Waals surface area contributed by atoms with Crippen molar-refractivity contribution in [2.75, 3.05) is 13.7 Å². The van der Waals surface area contributed by atoms with Crippen LogP contribution in [0.1, 0.15) is 40.7 Å². The van der Waals surface area contributed by atoms with Crippen LogP contribution in [0.15, 0.2) is 89.0 Å². The maximum absolute atomic E-state index is 13.2. The van der Waals surface area contributed by atoms with Crippen LogP contribution in [-0.2, 0) is 17.6 Å². The highest BCUT2D eigenvalue weighted by molar-refractivity contribution is 6.04. The maximum atomic E-state index is 13.2. The van der Waals surface area contributed by atoms with E-state index in [1.54, 1.807) is 19.2 Å². The van der Waals surface area contributed by atoms with Crippen LogP contribution >= 0.6 is 0 Å². The number of nitrogens with one attached hydrogen (secondary N) is 1. The van der Waals surface area contributed by atoms with E-state index < -0.39 is 17.8 Å². The van der Waals surface area contributed by atoms with Crippen molar-refractivity contribution in [2.45, 2.75) is 39.2 Å². The van der Waals surface area contributed by atoms with Crippen molar-refractivity contribution in [1.82, 2.24) is 10.3 Å². The standard InChI is InChI=1S/C33H33FN2O6/c1-4-26(20-31(37)23-7-11-25(34)12-8-23)35-30(33(38)39)19-22-5-13-28(14-6-22)41-18-17-29-21(2)42-32(36-29)24-9-15-27(40-3)16-10-24/h5-16,20,30,35H,4,17-19H2,1-3H3,(H,38,39)/b26-20+/t30-/m0/s1. The van der Waals surface area contributed by atoms with E-state index >= 15 is 0 Å². The van der Waals surface area contributed by atoms with Gasteiger partial charge in [-0.15, -0.1) is 0 Å². The van der Waals surface area contributed by atoms with Gasteiger partial charge in [-0.2, -0.15) is 0 Å². The second-order valence-corrected chi connectivity index (χ2v) is 9.63. The molecule has 1 heterocycles. The number of aromatic nitrogens is 1. The Morgan fingerprint density at radius 3 is 2.31 bits per heavy atom. The normalized spacial score (nSPS) is 12.0. The van der Waals surface area contributed by atoms with Crippen molar-refractivity contribution in [3.8, 4) is 23.0 Å². The Balaban J connectivity index is 1.32. The first kappa shape index (κ1) is 30.0. The van der Waals surface area contributed by atoms with Crippen LogP contribution in [0.25, 0.3) is 11.5 Å². The number of nitrogens with zero attached hydrogens (tertiary/aromatic N) is 1. The van der Waals surface area contributed by atoms with Gasteiger partial charge in [0.2, 0.25) is 5.89 Å². The lowest BCUT2D eigenvalue weighted by Gasteiger charge is -2.18. The Labute approximate surface area is 243 Å². The number of oxazole rings is 1. The van der Waals surface area contributed by atoms with Gasteiger partial charge in [0.25, 0.3) is 0 Å². The number of methoxy groups -OCH3 is 1. The van der Waals surface area contributed by atoms with E-state index in [4.69, 9.17) is 13.9 Å². The van der Waals surface area contributed by atoms with Crippen molar-refractivity contribution in [3.05, 3.63) is 113 Å². The highest BCUT2D eigenvalue weighted by Crippen LogP contribution is 2.24. The quantitative estimate of drug-likeness (QED) is 0.136. The van der Waals surface area contributed by atoms with Gasteiger partial charge in [0.15, 0.2) is 5.78 Å². The molecule has 8 nitrogen and oxygen atoms in total. The van der Waals surface area contributed by atoms with E-state index in [2.05, 4.69) is 10.3 Å². The number of allylic oxidation sites excluding steroid dienone is 2. The highest BCUT2D eigenvalue weighted by atomic mass is 19.1. The first-order chi connectivity index (χ1) is 20.2. The lowest BCUT2D eigenvalue weighted by atomic mass is 10.0. The first-order valence-corrected chi connectivity index (χ1v) is 13.6. The number of carboxylic acids is 1. The summed E-state index contributed by atoms with van der Waals surface area (Å²) in [4.78, 5) is 29.1. The van der Waals surface area contributed by atoms with Crippen LogP contribution in [0, 0.1) is 12.7 Å². The predicted molar refractivity (Wildman–Crippen MR) is 156 cm³/mol. The summed E-state index contributed by atoms with van der Waals surface area (Å²) >= 11 is 0. The van der Waals surface area contributed by atoms with E-state index in [1.807, 2.05) is 50.2 Å². The van der Waals surface area contributed by atoms with Crippen LogP contribution in [0.4, 0.5) is 4.39 Å². The second-order valence-electron chi connectivity index (χ2n) is 9.63. The molecule has 0 saturated carbocycles. The minimum absolute atomic E-state index is 0.198. The Hall–Kier alpha value is -4.92. The SMILES string of the molecule is CC/C(=C\C(=O)c1ccc(F)cc1)N[C@@H](Cc1ccc(OCCc2nc(-c3ccc(OC)cc3)oc2C)cc1)C(=O)O. The summed E-state index contributed by atoms with van der Waals surface area (Å²) in [7, 11) is 1.62. The van der Waals surface area contributed by atoms with Crippen molar-refractivity contribution in [1.29, 1.82) is 0 Å². The number of hydrogen-bond donors (Lipinski definition) is 2. The number of hydrogen-bond acceptors (Lipinski definition) is 7. The minimum Gasteiger partial charge on any atom is -0.497 e. The summed E-state index contributed by atoms with van der Waals surface area (Å²) in [6.45, 7) is 4.08. The van der Waals surface area contributed by atoms with Gasteiger partial charge in [-0.05, 0) is 79.6 Å². The summed E-state index contributed by atoms with van der Waals surface area (Å²) < 4.78 is 30.1. The molecule has 0 aliphatic heterocycles. The van der Waals surface area contributed by atoms with Crippen LogP contribution in [0.3, 0.4) is 0 Å². The molecule has 1 aromatic heterocycles. The average molecular weight is 573 g/mol. The number of aliphatic carboxylic acids is 1. The molecule has 4 aromatic rings. The summed E-state index contributed by atoms with van der Waals surface area (Å²) in [5.41, 5.74) is 3.26. The smallest absolute Gasteiger partial charge is 0.326 e. The van der Waals surface area contributed by atoms with Gasteiger partial charge < -0.3 is 24.3 Å². The molecular weight excluding hydrogens is 539 g/mol. The van der Waals surface area contributed by atoms with E-state index in [1.165, 1.54) is 30.3 Å². The van der Waals surface area contributed by atoms with E-state index in [-0.39, 0.29) is 12.2 Å². The number of carboxylic acid groups (broad SMARTS) is 1. The van der Waals surface area contributed by atoms with Gasteiger partial charge >= 0.3 is 5.97 Å². The first-order valence-electron chi connectivity index (χ1n) is 13.6. The molecule has 0 spiro atoms. The molecule has 218 valence electrons. The van der Waals surface area contributed by atoms with E-state index in [0.29, 0.717) is 42.3 Å². The third-order valence-corrected chi connectivity index (χ3v) is 6.67. The zero-order valence-electron chi connectivity index (χ0n) is 23.7. The predicted octanol–water partition coefficient (Wildman–Crippen LogP) is 6.18. The second kappa shape index (κ2) is 14.1. The molecule has 42 heavy (non-hydrogen) atoms. The van der Waals surface area contributed by atoms with Gasteiger partial charge in [-0.25, -0.2) is 14.2 Å². The number of halogens is 1. The van der Waals surface area contributed by atoms with Crippen molar-refractivity contribution in [3.63, 3.8) is 0 Å². The maximum Gasteiger partial charge on any atom is 0.326 e. The van der Waals surface area contributed by atoms with Crippen LogP contribution in [-0.4, -0.2) is 41.6 Å². The molecule has 0 radical (unpaired) electrons. The molecule has 1 atom stereocenters. The van der Waals surface area contributed by atoms with Gasteiger partial charge in [-0.1, -0.05) is 19.1 Å². The Bertz CT molecular complexity index is 1530. The third kappa shape index (κ3) is 8.06. The molecule has 0 aliphatic rings. The number of carbonyl (C=O) groups excluding carboxylic acids is 1. The Morgan fingerprint density at radius 2 is 1.69 bits per heavy atom. The van der Waals surface area contributed by atoms with Gasteiger partial charge in [0, 0.05) is 35.7 Å². The summed E-state index contributed by atoms with van der Waals surface area (Å²) in [5, 5.41) is 12.8. The fourth-order valence-electron chi connectivity index (χ4n) is 4.27. The van der Waals surface area contributed by atoms with Crippen LogP contribution in [0.5, 0.6) is 11.5 Å². The molecular formula is C33H33FN2O6. The van der Waals surface area contributed by atoms with Crippen molar-refractivity contribution >= 4 is 11.8 Å². The zero-order valence-corrected chi connectivity index (χ0v) is 23.7. The largest absolute Gasteiger partial charge is 0.497 e. The number of rotatable bonds is 14. The number of ether oxygens (including phenoxy) is 2. The molecule has 0 amide bonds. The monoisotopic (exact) mass is 572 g/mol.